The van der Waals surface area contributed by atoms with E-state index in [1.165, 1.54) is 0 Å². The molecule has 0 bridgehead atoms. The highest BCUT2D eigenvalue weighted by atomic mass is 16.6. The highest BCUT2D eigenvalue weighted by Crippen LogP contribution is 2.30. The maximum absolute atomic E-state index is 12.2. The topological polar surface area (TPSA) is 76.4 Å². The van der Waals surface area contributed by atoms with E-state index in [-0.39, 0.29) is 19.0 Å². The molecule has 0 aliphatic carbocycles. The number of carbonyl (C=O) groups excluding carboxylic acids is 2. The third-order valence-corrected chi connectivity index (χ3v) is 4.61. The van der Waals surface area contributed by atoms with Crippen molar-refractivity contribution in [2.24, 2.45) is 0 Å². The molecule has 1 heterocycles. The summed E-state index contributed by atoms with van der Waals surface area (Å²) >= 11 is 0. The lowest BCUT2D eigenvalue weighted by molar-refractivity contribution is -0.162. The van der Waals surface area contributed by atoms with Gasteiger partial charge in [0.2, 0.25) is 0 Å². The number of nitriles is 1. The number of esters is 2. The number of rotatable bonds is 3. The molecule has 0 spiro atoms. The lowest BCUT2D eigenvalue weighted by Gasteiger charge is -2.14. The van der Waals surface area contributed by atoms with E-state index in [1.54, 1.807) is 6.07 Å². The molecule has 1 fully saturated rings. The normalized spacial score (nSPS) is 16.4. The maximum Gasteiger partial charge on any atom is 0.347 e. The molecule has 0 saturated carbocycles. The number of cyclic esters (lactones) is 1. The first kappa shape index (κ1) is 16.1. The second kappa shape index (κ2) is 6.49. The molecule has 0 aromatic heterocycles. The van der Waals surface area contributed by atoms with Gasteiger partial charge in [-0.2, -0.15) is 5.26 Å². The lowest BCUT2D eigenvalue weighted by atomic mass is 9.96. The first-order valence-electron chi connectivity index (χ1n) is 8.36. The van der Waals surface area contributed by atoms with Crippen molar-refractivity contribution in [3.8, 4) is 6.07 Å². The van der Waals surface area contributed by atoms with Crippen molar-refractivity contribution >= 4 is 33.5 Å². The highest BCUT2D eigenvalue weighted by molar-refractivity contribution is 6.02. The minimum Gasteiger partial charge on any atom is -0.458 e. The van der Waals surface area contributed by atoms with Crippen LogP contribution in [0.2, 0.25) is 0 Å². The SMILES string of the molecule is N#Cc1ccc2c(COC(=O)C3CCC(=O)O3)c3ccccc3cc2c1. The Kier molecular flexibility index (Phi) is 4.02. The summed E-state index contributed by atoms with van der Waals surface area (Å²) < 4.78 is 10.4. The molecule has 128 valence electrons. The number of fused-ring (bicyclic) bond motifs is 2. The van der Waals surface area contributed by atoms with Gasteiger partial charge in [-0.05, 0) is 39.7 Å². The van der Waals surface area contributed by atoms with Crippen LogP contribution in [0.3, 0.4) is 0 Å². The monoisotopic (exact) mass is 345 g/mol. The fraction of sp³-hybridized carbons (Fsp3) is 0.190. The largest absolute Gasteiger partial charge is 0.458 e. The smallest absolute Gasteiger partial charge is 0.347 e. The second-order valence-electron chi connectivity index (χ2n) is 6.25. The van der Waals surface area contributed by atoms with Crippen LogP contribution in [0.15, 0.2) is 48.5 Å². The molecule has 5 nitrogen and oxygen atoms in total. The minimum atomic E-state index is -0.811. The second-order valence-corrected chi connectivity index (χ2v) is 6.25. The van der Waals surface area contributed by atoms with Gasteiger partial charge in [0.15, 0.2) is 6.10 Å². The van der Waals surface area contributed by atoms with E-state index < -0.39 is 12.1 Å². The van der Waals surface area contributed by atoms with Crippen LogP contribution in [0, 0.1) is 11.3 Å². The molecule has 1 atom stereocenters. The number of hydrogen-bond acceptors (Lipinski definition) is 5. The van der Waals surface area contributed by atoms with Crippen LogP contribution < -0.4 is 0 Å². The van der Waals surface area contributed by atoms with Crippen molar-refractivity contribution in [1.29, 1.82) is 5.26 Å². The van der Waals surface area contributed by atoms with E-state index in [0.717, 1.165) is 27.1 Å². The fourth-order valence-corrected chi connectivity index (χ4v) is 3.32. The fourth-order valence-electron chi connectivity index (χ4n) is 3.32. The van der Waals surface area contributed by atoms with Crippen LogP contribution in [0.5, 0.6) is 0 Å². The Morgan fingerprint density at radius 1 is 1.15 bits per heavy atom. The van der Waals surface area contributed by atoms with E-state index in [4.69, 9.17) is 14.7 Å². The number of hydrogen-bond donors (Lipinski definition) is 0. The van der Waals surface area contributed by atoms with Crippen molar-refractivity contribution in [3.63, 3.8) is 0 Å². The first-order valence-corrected chi connectivity index (χ1v) is 8.36. The molecule has 3 aromatic rings. The summed E-state index contributed by atoms with van der Waals surface area (Å²) in [4.78, 5) is 23.4. The van der Waals surface area contributed by atoms with Crippen LogP contribution >= 0.6 is 0 Å². The van der Waals surface area contributed by atoms with Gasteiger partial charge in [-0.1, -0.05) is 30.3 Å². The zero-order valence-corrected chi connectivity index (χ0v) is 13.9. The maximum atomic E-state index is 12.2. The summed E-state index contributed by atoms with van der Waals surface area (Å²) in [7, 11) is 0. The van der Waals surface area contributed by atoms with Crippen molar-refractivity contribution < 1.29 is 19.1 Å². The Hall–Kier alpha value is -3.39. The molecule has 0 N–H and O–H groups in total. The van der Waals surface area contributed by atoms with E-state index >= 15 is 0 Å². The van der Waals surface area contributed by atoms with Gasteiger partial charge in [0.25, 0.3) is 0 Å². The Balaban J connectivity index is 1.73. The number of carbonyl (C=O) groups is 2. The van der Waals surface area contributed by atoms with Gasteiger partial charge < -0.3 is 9.47 Å². The summed E-state index contributed by atoms with van der Waals surface area (Å²) in [6.45, 7) is 0.0800. The lowest BCUT2D eigenvalue weighted by Crippen LogP contribution is -2.22. The van der Waals surface area contributed by atoms with E-state index in [1.807, 2.05) is 42.5 Å². The van der Waals surface area contributed by atoms with Gasteiger partial charge in [-0.25, -0.2) is 4.79 Å². The molecule has 1 saturated heterocycles. The van der Waals surface area contributed by atoms with Gasteiger partial charge in [0, 0.05) is 18.4 Å². The molecule has 5 heteroatoms. The molecular formula is C21H15NO4. The van der Waals surface area contributed by atoms with Crippen LogP contribution in [0.1, 0.15) is 24.0 Å². The van der Waals surface area contributed by atoms with Gasteiger partial charge in [0.05, 0.1) is 11.6 Å². The number of benzene rings is 3. The van der Waals surface area contributed by atoms with Gasteiger partial charge in [-0.3, -0.25) is 4.79 Å². The standard InChI is InChI=1S/C21H15NO4/c22-11-13-5-6-17-15(9-13)10-14-3-1-2-4-16(14)18(17)12-25-21(24)19-7-8-20(23)26-19/h1-6,9-10,19H,7-8,12H2. The average Bonchev–Trinajstić information content (AvgIpc) is 3.10. The Labute approximate surface area is 149 Å². The highest BCUT2D eigenvalue weighted by Gasteiger charge is 2.31. The Bertz CT molecular complexity index is 1080. The van der Waals surface area contributed by atoms with Crippen LogP contribution in [0.25, 0.3) is 21.5 Å². The predicted molar refractivity (Wildman–Crippen MR) is 95.1 cm³/mol. The zero-order valence-electron chi connectivity index (χ0n) is 13.9. The molecular weight excluding hydrogens is 330 g/mol. The molecule has 1 unspecified atom stereocenters. The van der Waals surface area contributed by atoms with Gasteiger partial charge in [-0.15, -0.1) is 0 Å². The number of ether oxygens (including phenoxy) is 2. The van der Waals surface area contributed by atoms with E-state index in [9.17, 15) is 9.59 Å². The summed E-state index contributed by atoms with van der Waals surface area (Å²) in [5.41, 5.74) is 1.45. The molecule has 26 heavy (non-hydrogen) atoms. The summed E-state index contributed by atoms with van der Waals surface area (Å²) in [6.07, 6.45) is -0.207. The predicted octanol–water partition coefficient (Wildman–Crippen LogP) is 3.61. The van der Waals surface area contributed by atoms with E-state index in [2.05, 4.69) is 6.07 Å². The van der Waals surface area contributed by atoms with E-state index in [0.29, 0.717) is 12.0 Å². The molecule has 4 rings (SSSR count). The minimum absolute atomic E-state index is 0.0800. The Morgan fingerprint density at radius 2 is 1.96 bits per heavy atom. The molecule has 0 amide bonds. The molecule has 1 aliphatic rings. The summed E-state index contributed by atoms with van der Waals surface area (Å²) in [6, 6.07) is 17.5. The van der Waals surface area contributed by atoms with Crippen molar-refractivity contribution in [2.75, 3.05) is 0 Å². The zero-order chi connectivity index (χ0) is 18.1. The molecule has 0 radical (unpaired) electrons. The van der Waals surface area contributed by atoms with Crippen LogP contribution in [-0.2, 0) is 25.7 Å². The van der Waals surface area contributed by atoms with Gasteiger partial charge in [0.1, 0.15) is 6.61 Å². The third-order valence-electron chi connectivity index (χ3n) is 4.61. The summed E-state index contributed by atoms with van der Waals surface area (Å²) in [5, 5.41) is 13.0. The number of nitrogens with zero attached hydrogens (tertiary/aromatic N) is 1. The molecule has 1 aliphatic heterocycles. The van der Waals surface area contributed by atoms with Crippen LogP contribution in [-0.4, -0.2) is 18.0 Å². The van der Waals surface area contributed by atoms with Crippen molar-refractivity contribution in [3.05, 3.63) is 59.7 Å². The van der Waals surface area contributed by atoms with Gasteiger partial charge >= 0.3 is 11.9 Å². The average molecular weight is 345 g/mol. The first-order chi connectivity index (χ1) is 12.7. The van der Waals surface area contributed by atoms with Crippen LogP contribution in [0.4, 0.5) is 0 Å². The Morgan fingerprint density at radius 3 is 2.73 bits per heavy atom. The summed E-state index contributed by atoms with van der Waals surface area (Å²) in [5.74, 6) is -0.892. The van der Waals surface area contributed by atoms with Crippen molar-refractivity contribution in [2.45, 2.75) is 25.6 Å². The quantitative estimate of drug-likeness (QED) is 0.535. The third kappa shape index (κ3) is 2.86. The molecule has 3 aromatic carbocycles. The van der Waals surface area contributed by atoms with Crippen molar-refractivity contribution in [1.82, 2.24) is 0 Å².